The van der Waals surface area contributed by atoms with Gasteiger partial charge >= 0.3 is 0 Å². The van der Waals surface area contributed by atoms with Gasteiger partial charge in [0, 0.05) is 11.8 Å². The molecule has 0 fully saturated rings. The van der Waals surface area contributed by atoms with E-state index in [1.807, 2.05) is 6.07 Å². The Labute approximate surface area is 127 Å². The van der Waals surface area contributed by atoms with Gasteiger partial charge in [0.2, 0.25) is 5.91 Å². The summed E-state index contributed by atoms with van der Waals surface area (Å²) in [7, 11) is 0. The summed E-state index contributed by atoms with van der Waals surface area (Å²) in [6.07, 6.45) is 3.03. The number of anilines is 1. The maximum absolute atomic E-state index is 12.7. The van der Waals surface area contributed by atoms with Crippen LogP contribution in [0.25, 0.3) is 6.08 Å². The molecule has 0 radical (unpaired) electrons. The molecule has 22 heavy (non-hydrogen) atoms. The van der Waals surface area contributed by atoms with Crippen molar-refractivity contribution in [2.45, 2.75) is 0 Å². The molecule has 4 nitrogen and oxygen atoms in total. The van der Waals surface area contributed by atoms with Crippen LogP contribution in [0.3, 0.4) is 0 Å². The molecule has 0 aliphatic heterocycles. The Morgan fingerprint density at radius 1 is 1.18 bits per heavy atom. The SMILES string of the molecule is N#CCOc1ccc(/C=C/C(=O)Nc2ccc(F)cc2)cc1. The van der Waals surface area contributed by atoms with Crippen LogP contribution < -0.4 is 10.1 Å². The van der Waals surface area contributed by atoms with Gasteiger partial charge in [0.25, 0.3) is 0 Å². The van der Waals surface area contributed by atoms with Crippen molar-refractivity contribution in [3.05, 3.63) is 66.0 Å². The van der Waals surface area contributed by atoms with Gasteiger partial charge in [0.15, 0.2) is 6.61 Å². The Kier molecular flexibility index (Phi) is 5.27. The molecule has 0 heterocycles. The molecule has 0 aliphatic rings. The van der Waals surface area contributed by atoms with Crippen molar-refractivity contribution in [1.29, 1.82) is 5.26 Å². The smallest absolute Gasteiger partial charge is 0.248 e. The maximum Gasteiger partial charge on any atom is 0.248 e. The zero-order chi connectivity index (χ0) is 15.8. The number of halogens is 1. The van der Waals surface area contributed by atoms with Crippen molar-refractivity contribution in [2.75, 3.05) is 11.9 Å². The van der Waals surface area contributed by atoms with Gasteiger partial charge in [-0.2, -0.15) is 5.26 Å². The predicted molar refractivity (Wildman–Crippen MR) is 81.6 cm³/mol. The van der Waals surface area contributed by atoms with Crippen LogP contribution in [0.1, 0.15) is 5.56 Å². The second-order valence-corrected chi connectivity index (χ2v) is 4.35. The molecular weight excluding hydrogens is 283 g/mol. The average Bonchev–Trinajstić information content (AvgIpc) is 2.54. The molecule has 0 atom stereocenters. The van der Waals surface area contributed by atoms with E-state index in [1.54, 1.807) is 30.3 Å². The summed E-state index contributed by atoms with van der Waals surface area (Å²) in [5, 5.41) is 11.0. The minimum atomic E-state index is -0.354. The van der Waals surface area contributed by atoms with Gasteiger partial charge in [-0.1, -0.05) is 12.1 Å². The Bertz CT molecular complexity index is 701. The first-order valence-electron chi connectivity index (χ1n) is 6.52. The minimum absolute atomic E-state index is 0.00470. The van der Waals surface area contributed by atoms with Crippen LogP contribution in [-0.2, 0) is 4.79 Å². The monoisotopic (exact) mass is 296 g/mol. The van der Waals surface area contributed by atoms with Crippen molar-refractivity contribution in [1.82, 2.24) is 0 Å². The van der Waals surface area contributed by atoms with Crippen LogP contribution in [0.5, 0.6) is 5.75 Å². The number of carbonyl (C=O) groups is 1. The first-order valence-corrected chi connectivity index (χ1v) is 6.52. The third-order valence-corrected chi connectivity index (χ3v) is 2.72. The van der Waals surface area contributed by atoms with Gasteiger partial charge in [0.1, 0.15) is 17.6 Å². The number of ether oxygens (including phenoxy) is 1. The summed E-state index contributed by atoms with van der Waals surface area (Å²) in [4.78, 5) is 11.7. The van der Waals surface area contributed by atoms with Crippen molar-refractivity contribution in [3.63, 3.8) is 0 Å². The normalized spacial score (nSPS) is 10.2. The molecule has 2 aromatic rings. The summed E-state index contributed by atoms with van der Waals surface area (Å²) in [5.41, 5.74) is 1.34. The molecular formula is C17H13FN2O2. The Balaban J connectivity index is 1.92. The lowest BCUT2D eigenvalue weighted by atomic mass is 10.2. The van der Waals surface area contributed by atoms with E-state index in [0.717, 1.165) is 5.56 Å². The van der Waals surface area contributed by atoms with Crippen LogP contribution in [0.2, 0.25) is 0 Å². The molecule has 1 amide bonds. The third-order valence-electron chi connectivity index (χ3n) is 2.72. The van der Waals surface area contributed by atoms with Crippen molar-refractivity contribution < 1.29 is 13.9 Å². The lowest BCUT2D eigenvalue weighted by molar-refractivity contribution is -0.111. The van der Waals surface area contributed by atoms with Crippen molar-refractivity contribution >= 4 is 17.7 Å². The van der Waals surface area contributed by atoms with E-state index in [4.69, 9.17) is 10.00 Å². The highest BCUT2D eigenvalue weighted by atomic mass is 19.1. The van der Waals surface area contributed by atoms with E-state index in [9.17, 15) is 9.18 Å². The predicted octanol–water partition coefficient (Wildman–Crippen LogP) is 3.38. The third kappa shape index (κ3) is 4.76. The standard InChI is InChI=1S/C17H13FN2O2/c18-14-4-6-15(7-5-14)20-17(21)10-3-13-1-8-16(9-2-13)22-12-11-19/h1-10H,12H2,(H,20,21)/b10-3+. The van der Waals surface area contributed by atoms with E-state index in [0.29, 0.717) is 11.4 Å². The van der Waals surface area contributed by atoms with Gasteiger partial charge in [-0.25, -0.2) is 4.39 Å². The van der Waals surface area contributed by atoms with Gasteiger partial charge < -0.3 is 10.1 Å². The number of rotatable bonds is 5. The molecule has 0 aromatic heterocycles. The summed E-state index contributed by atoms with van der Waals surface area (Å²) < 4.78 is 17.9. The number of nitriles is 1. The summed E-state index contributed by atoms with van der Waals surface area (Å²) >= 11 is 0. The molecule has 110 valence electrons. The topological polar surface area (TPSA) is 62.1 Å². The Morgan fingerprint density at radius 2 is 1.86 bits per heavy atom. The molecule has 0 spiro atoms. The van der Waals surface area contributed by atoms with Crippen LogP contribution >= 0.6 is 0 Å². The minimum Gasteiger partial charge on any atom is -0.479 e. The highest BCUT2D eigenvalue weighted by Gasteiger charge is 1.98. The maximum atomic E-state index is 12.7. The first kappa shape index (κ1) is 15.3. The van der Waals surface area contributed by atoms with E-state index in [2.05, 4.69) is 5.32 Å². The fraction of sp³-hybridized carbons (Fsp3) is 0.0588. The van der Waals surface area contributed by atoms with Gasteiger partial charge in [-0.15, -0.1) is 0 Å². The second-order valence-electron chi connectivity index (χ2n) is 4.35. The molecule has 0 saturated heterocycles. The molecule has 0 aliphatic carbocycles. The summed E-state index contributed by atoms with van der Waals surface area (Å²) in [6.45, 7) is -0.00470. The van der Waals surface area contributed by atoms with Crippen LogP contribution in [0.15, 0.2) is 54.6 Å². The van der Waals surface area contributed by atoms with Crippen LogP contribution in [0.4, 0.5) is 10.1 Å². The Hall–Kier alpha value is -3.13. The quantitative estimate of drug-likeness (QED) is 0.860. The molecule has 2 rings (SSSR count). The van der Waals surface area contributed by atoms with Gasteiger partial charge in [0.05, 0.1) is 0 Å². The van der Waals surface area contributed by atoms with Crippen LogP contribution in [-0.4, -0.2) is 12.5 Å². The number of nitrogens with zero attached hydrogens (tertiary/aromatic N) is 1. The van der Waals surface area contributed by atoms with Gasteiger partial charge in [-0.05, 0) is 48.0 Å². The summed E-state index contributed by atoms with van der Waals surface area (Å²) in [5.74, 6) is -0.0712. The number of nitrogens with one attached hydrogen (secondary N) is 1. The van der Waals surface area contributed by atoms with Gasteiger partial charge in [-0.3, -0.25) is 4.79 Å². The first-order chi connectivity index (χ1) is 10.7. The fourth-order valence-electron chi connectivity index (χ4n) is 1.68. The van der Waals surface area contributed by atoms with Crippen molar-refractivity contribution in [3.8, 4) is 11.8 Å². The van der Waals surface area contributed by atoms with E-state index in [1.165, 1.54) is 30.3 Å². The van der Waals surface area contributed by atoms with E-state index in [-0.39, 0.29) is 18.3 Å². The second kappa shape index (κ2) is 7.60. The zero-order valence-electron chi connectivity index (χ0n) is 11.6. The summed E-state index contributed by atoms with van der Waals surface area (Å²) in [6, 6.07) is 14.4. The zero-order valence-corrected chi connectivity index (χ0v) is 11.6. The van der Waals surface area contributed by atoms with Crippen LogP contribution in [0, 0.1) is 17.1 Å². The number of hydrogen-bond acceptors (Lipinski definition) is 3. The lowest BCUT2D eigenvalue weighted by Gasteiger charge is -2.02. The lowest BCUT2D eigenvalue weighted by Crippen LogP contribution is -2.07. The van der Waals surface area contributed by atoms with E-state index < -0.39 is 0 Å². The number of carbonyl (C=O) groups excluding carboxylic acids is 1. The number of hydrogen-bond donors (Lipinski definition) is 1. The fourth-order valence-corrected chi connectivity index (χ4v) is 1.68. The van der Waals surface area contributed by atoms with E-state index >= 15 is 0 Å². The molecule has 0 saturated carbocycles. The highest BCUT2D eigenvalue weighted by Crippen LogP contribution is 2.13. The molecule has 1 N–H and O–H groups in total. The largest absolute Gasteiger partial charge is 0.479 e. The molecule has 2 aromatic carbocycles. The highest BCUT2D eigenvalue weighted by molar-refractivity contribution is 6.01. The number of benzene rings is 2. The Morgan fingerprint density at radius 3 is 2.50 bits per heavy atom. The molecule has 0 unspecified atom stereocenters. The molecule has 5 heteroatoms. The number of amides is 1. The molecule has 0 bridgehead atoms. The van der Waals surface area contributed by atoms with Crippen molar-refractivity contribution in [2.24, 2.45) is 0 Å². The average molecular weight is 296 g/mol.